The van der Waals surface area contributed by atoms with Crippen LogP contribution in [0.15, 0.2) is 18.2 Å². The molecule has 1 saturated heterocycles. The van der Waals surface area contributed by atoms with Crippen molar-refractivity contribution in [2.24, 2.45) is 0 Å². The third-order valence-electron chi connectivity index (χ3n) is 3.44. The van der Waals surface area contributed by atoms with Crippen LogP contribution in [0.5, 0.6) is 0 Å². The van der Waals surface area contributed by atoms with E-state index in [4.69, 9.17) is 11.6 Å². The molecule has 1 atom stereocenters. The van der Waals surface area contributed by atoms with Crippen LogP contribution in [0.3, 0.4) is 0 Å². The van der Waals surface area contributed by atoms with E-state index in [1.54, 1.807) is 0 Å². The molecule has 0 saturated carbocycles. The number of halogens is 8. The topological polar surface area (TPSA) is 15.3 Å². The molecule has 1 fully saturated rings. The third-order valence-corrected chi connectivity index (χ3v) is 3.68. The lowest BCUT2D eigenvalue weighted by Crippen LogP contribution is -2.49. The fourth-order valence-electron chi connectivity index (χ4n) is 2.53. The predicted octanol–water partition coefficient (Wildman–Crippen LogP) is 4.29. The average Bonchev–Trinajstić information content (AvgIpc) is 2.39. The zero-order chi connectivity index (χ0) is 16.5. The molecule has 2 nitrogen and oxygen atoms in total. The van der Waals surface area contributed by atoms with Crippen molar-refractivity contribution >= 4 is 24.0 Å². The fraction of sp³-hybridized carbons (Fsp3) is 0.538. The first kappa shape index (κ1) is 20.3. The van der Waals surface area contributed by atoms with Crippen LogP contribution < -0.4 is 5.32 Å². The van der Waals surface area contributed by atoms with Gasteiger partial charge in [-0.2, -0.15) is 26.3 Å². The Bertz CT molecular complexity index is 526. The Morgan fingerprint density at radius 3 is 2.09 bits per heavy atom. The molecule has 0 unspecified atom stereocenters. The molecule has 1 aromatic rings. The number of nitrogens with zero attached hydrogens (tertiary/aromatic N) is 1. The molecule has 132 valence electrons. The quantitative estimate of drug-likeness (QED) is 0.767. The van der Waals surface area contributed by atoms with E-state index < -0.39 is 29.5 Å². The smallest absolute Gasteiger partial charge is 0.314 e. The summed E-state index contributed by atoms with van der Waals surface area (Å²) in [6, 6.07) is 0.0967. The van der Waals surface area contributed by atoms with Gasteiger partial charge in [0.25, 0.3) is 0 Å². The molecule has 0 spiro atoms. The van der Waals surface area contributed by atoms with Crippen LogP contribution in [0.1, 0.15) is 17.2 Å². The lowest BCUT2D eigenvalue weighted by molar-refractivity contribution is -0.190. The van der Waals surface area contributed by atoms with Crippen LogP contribution in [-0.2, 0) is 6.18 Å². The van der Waals surface area contributed by atoms with E-state index in [0.29, 0.717) is 19.2 Å². The molecule has 0 bridgehead atoms. The van der Waals surface area contributed by atoms with Crippen LogP contribution in [0.25, 0.3) is 0 Å². The Balaban J connectivity index is 0.00000264. The number of hydrogen-bond donors (Lipinski definition) is 1. The second-order valence-corrected chi connectivity index (χ2v) is 5.40. The van der Waals surface area contributed by atoms with Crippen molar-refractivity contribution in [1.82, 2.24) is 10.2 Å². The van der Waals surface area contributed by atoms with Crippen LogP contribution >= 0.6 is 24.0 Å². The van der Waals surface area contributed by atoms with E-state index in [2.05, 4.69) is 5.32 Å². The van der Waals surface area contributed by atoms with Gasteiger partial charge in [-0.05, 0) is 17.7 Å². The first-order valence-electron chi connectivity index (χ1n) is 6.49. The second-order valence-electron chi connectivity index (χ2n) is 4.96. The Labute approximate surface area is 140 Å². The Morgan fingerprint density at radius 1 is 1.04 bits per heavy atom. The van der Waals surface area contributed by atoms with Gasteiger partial charge in [0.1, 0.15) is 6.04 Å². The molecule has 1 heterocycles. The first-order valence-corrected chi connectivity index (χ1v) is 6.86. The molecule has 1 N–H and O–H groups in total. The Kier molecular flexibility index (Phi) is 6.60. The fourth-order valence-corrected chi connectivity index (χ4v) is 2.70. The predicted molar refractivity (Wildman–Crippen MR) is 76.9 cm³/mol. The number of nitrogens with one attached hydrogen (secondary N) is 1. The Hall–Kier alpha value is -0.700. The summed E-state index contributed by atoms with van der Waals surface area (Å²) in [7, 11) is 0. The van der Waals surface area contributed by atoms with Gasteiger partial charge in [-0.25, -0.2) is 0 Å². The van der Waals surface area contributed by atoms with Crippen molar-refractivity contribution in [3.63, 3.8) is 0 Å². The van der Waals surface area contributed by atoms with E-state index in [-0.39, 0.29) is 30.5 Å². The maximum atomic E-state index is 13.4. The second kappa shape index (κ2) is 7.46. The van der Waals surface area contributed by atoms with Gasteiger partial charge in [0.2, 0.25) is 0 Å². The van der Waals surface area contributed by atoms with Crippen molar-refractivity contribution in [1.29, 1.82) is 0 Å². The van der Waals surface area contributed by atoms with E-state index in [0.717, 1.165) is 17.0 Å². The van der Waals surface area contributed by atoms with E-state index in [9.17, 15) is 26.3 Å². The SMILES string of the molecule is Cl.FC(F)(F)c1cc(Cl)ccc1[C@H](N1CCNCC1)C(F)(F)F. The average molecular weight is 383 g/mol. The van der Waals surface area contributed by atoms with Gasteiger partial charge >= 0.3 is 12.4 Å². The van der Waals surface area contributed by atoms with Crippen LogP contribution in [0.4, 0.5) is 26.3 Å². The van der Waals surface area contributed by atoms with Gasteiger partial charge in [0, 0.05) is 31.2 Å². The Morgan fingerprint density at radius 2 is 1.61 bits per heavy atom. The normalized spacial score (nSPS) is 18.4. The minimum absolute atomic E-state index is 0. The highest BCUT2D eigenvalue weighted by molar-refractivity contribution is 6.30. The van der Waals surface area contributed by atoms with Crippen LogP contribution in [0.2, 0.25) is 5.02 Å². The number of hydrogen-bond acceptors (Lipinski definition) is 2. The van der Waals surface area contributed by atoms with E-state index in [1.807, 2.05) is 0 Å². The number of alkyl halides is 6. The lowest BCUT2D eigenvalue weighted by atomic mass is 9.97. The molecule has 1 aliphatic heterocycles. The van der Waals surface area contributed by atoms with Crippen LogP contribution in [0, 0.1) is 0 Å². The minimum atomic E-state index is -4.90. The maximum absolute atomic E-state index is 13.4. The van der Waals surface area contributed by atoms with Gasteiger partial charge in [-0.15, -0.1) is 12.4 Å². The molecule has 23 heavy (non-hydrogen) atoms. The van der Waals surface area contributed by atoms with Gasteiger partial charge in [-0.1, -0.05) is 17.7 Å². The zero-order valence-electron chi connectivity index (χ0n) is 11.6. The number of rotatable bonds is 2. The van der Waals surface area contributed by atoms with Crippen molar-refractivity contribution in [2.75, 3.05) is 26.2 Å². The monoisotopic (exact) mass is 382 g/mol. The summed E-state index contributed by atoms with van der Waals surface area (Å²) in [6.45, 7) is 0.622. The summed E-state index contributed by atoms with van der Waals surface area (Å²) < 4.78 is 79.5. The van der Waals surface area contributed by atoms with E-state index >= 15 is 0 Å². The first-order chi connectivity index (χ1) is 10.1. The summed E-state index contributed by atoms with van der Waals surface area (Å²) in [5.74, 6) is 0. The van der Waals surface area contributed by atoms with Crippen molar-refractivity contribution < 1.29 is 26.3 Å². The molecule has 2 rings (SSSR count). The highest BCUT2D eigenvalue weighted by Crippen LogP contribution is 2.44. The van der Waals surface area contributed by atoms with Crippen LogP contribution in [-0.4, -0.2) is 37.3 Å². The molecule has 0 radical (unpaired) electrons. The van der Waals surface area contributed by atoms with Gasteiger partial charge < -0.3 is 5.32 Å². The van der Waals surface area contributed by atoms with Gasteiger partial charge in [0.15, 0.2) is 0 Å². The van der Waals surface area contributed by atoms with E-state index in [1.165, 1.54) is 0 Å². The number of piperazine rings is 1. The number of benzene rings is 1. The largest absolute Gasteiger partial charge is 0.416 e. The summed E-state index contributed by atoms with van der Waals surface area (Å²) >= 11 is 5.52. The molecule has 0 aliphatic carbocycles. The maximum Gasteiger partial charge on any atom is 0.416 e. The minimum Gasteiger partial charge on any atom is -0.314 e. The lowest BCUT2D eigenvalue weighted by Gasteiger charge is -2.37. The van der Waals surface area contributed by atoms with Crippen molar-refractivity contribution in [3.8, 4) is 0 Å². The molecule has 0 aromatic heterocycles. The van der Waals surface area contributed by atoms with Crippen molar-refractivity contribution in [2.45, 2.75) is 18.4 Å². The van der Waals surface area contributed by atoms with Gasteiger partial charge in [0.05, 0.1) is 5.56 Å². The highest BCUT2D eigenvalue weighted by atomic mass is 35.5. The molecule has 1 aromatic carbocycles. The molecule has 0 amide bonds. The molecular formula is C13H14Cl2F6N2. The highest BCUT2D eigenvalue weighted by Gasteiger charge is 2.48. The summed E-state index contributed by atoms with van der Waals surface area (Å²) in [6.07, 6.45) is -9.72. The zero-order valence-corrected chi connectivity index (χ0v) is 13.2. The third kappa shape index (κ3) is 4.89. The molecule has 10 heteroatoms. The summed E-state index contributed by atoms with van der Waals surface area (Å²) in [5.41, 5.74) is -2.16. The summed E-state index contributed by atoms with van der Waals surface area (Å²) in [4.78, 5) is 1.01. The molecule has 1 aliphatic rings. The van der Waals surface area contributed by atoms with Crippen molar-refractivity contribution in [3.05, 3.63) is 34.3 Å². The summed E-state index contributed by atoms with van der Waals surface area (Å²) in [5, 5.41) is 2.62. The standard InChI is InChI=1S/C13H13ClF6N2.ClH/c14-8-1-2-9(10(7-8)12(15,16)17)11(13(18,19)20)22-5-3-21-4-6-22;/h1-2,7,11,21H,3-6H2;1H/t11-;/m0./s1. The molecular weight excluding hydrogens is 369 g/mol. The van der Waals surface area contributed by atoms with Gasteiger partial charge in [-0.3, -0.25) is 4.90 Å².